The predicted molar refractivity (Wildman–Crippen MR) is 96.2 cm³/mol. The Morgan fingerprint density at radius 3 is 2.85 bits per heavy atom. The van der Waals surface area contributed by atoms with Crippen LogP contribution in [-0.4, -0.2) is 47.3 Å². The van der Waals surface area contributed by atoms with Gasteiger partial charge in [-0.2, -0.15) is 4.98 Å². The molecule has 1 aliphatic heterocycles. The van der Waals surface area contributed by atoms with Gasteiger partial charge in [0.1, 0.15) is 12.1 Å². The van der Waals surface area contributed by atoms with Crippen LogP contribution in [0.3, 0.4) is 0 Å². The number of aryl methyl sites for hydroxylation is 1. The predicted octanol–water partition coefficient (Wildman–Crippen LogP) is 2.13. The van der Waals surface area contributed by atoms with Crippen LogP contribution in [0.1, 0.15) is 12.3 Å². The summed E-state index contributed by atoms with van der Waals surface area (Å²) in [5.41, 5.74) is 1.76. The third kappa shape index (κ3) is 4.32. The third-order valence-electron chi connectivity index (χ3n) is 4.20. The zero-order valence-electron chi connectivity index (χ0n) is 14.6. The van der Waals surface area contributed by atoms with E-state index in [1.807, 2.05) is 6.07 Å². The van der Waals surface area contributed by atoms with Crippen LogP contribution in [0.4, 0.5) is 11.5 Å². The molecule has 4 heterocycles. The molecule has 0 bridgehead atoms. The summed E-state index contributed by atoms with van der Waals surface area (Å²) in [6.45, 7) is 3.13. The van der Waals surface area contributed by atoms with Crippen molar-refractivity contribution in [1.82, 2.24) is 15.1 Å². The summed E-state index contributed by atoms with van der Waals surface area (Å²) in [4.78, 5) is 22.9. The molecule has 1 aliphatic rings. The average molecular weight is 369 g/mol. The number of ether oxygens (including phenoxy) is 1. The van der Waals surface area contributed by atoms with E-state index in [0.717, 1.165) is 37.6 Å². The van der Waals surface area contributed by atoms with Crippen LogP contribution in [-0.2, 0) is 16.0 Å². The Morgan fingerprint density at radius 1 is 1.22 bits per heavy atom. The van der Waals surface area contributed by atoms with Crippen LogP contribution < -0.4 is 10.2 Å². The summed E-state index contributed by atoms with van der Waals surface area (Å²) in [7, 11) is 0. The molecule has 9 heteroatoms. The van der Waals surface area contributed by atoms with E-state index in [9.17, 15) is 4.79 Å². The minimum Gasteiger partial charge on any atom is -0.472 e. The summed E-state index contributed by atoms with van der Waals surface area (Å²) in [6, 6.07) is 5.49. The number of anilines is 2. The summed E-state index contributed by atoms with van der Waals surface area (Å²) in [5, 5.41) is 6.65. The zero-order chi connectivity index (χ0) is 18.5. The van der Waals surface area contributed by atoms with Crippen LogP contribution in [0.15, 0.2) is 45.9 Å². The highest BCUT2D eigenvalue weighted by atomic mass is 16.5. The molecule has 1 N–H and O–H groups in total. The molecular formula is C18H19N5O4. The maximum atomic E-state index is 12.1. The Balaban J connectivity index is 1.28. The van der Waals surface area contributed by atoms with Crippen molar-refractivity contribution in [1.29, 1.82) is 0 Å². The molecule has 0 saturated carbocycles. The number of morpholine rings is 1. The number of nitrogens with one attached hydrogen (secondary N) is 1. The Hall–Kier alpha value is -3.20. The summed E-state index contributed by atoms with van der Waals surface area (Å²) < 4.78 is 15.5. The molecule has 0 unspecified atom stereocenters. The molecule has 3 aromatic heterocycles. The molecule has 0 aromatic carbocycles. The van der Waals surface area contributed by atoms with Crippen molar-refractivity contribution >= 4 is 17.4 Å². The van der Waals surface area contributed by atoms with Gasteiger partial charge in [0.05, 0.1) is 36.9 Å². The van der Waals surface area contributed by atoms with Gasteiger partial charge in [0.2, 0.25) is 17.6 Å². The zero-order valence-corrected chi connectivity index (χ0v) is 14.6. The van der Waals surface area contributed by atoms with Crippen molar-refractivity contribution in [3.05, 3.63) is 42.8 Å². The van der Waals surface area contributed by atoms with Crippen molar-refractivity contribution in [3.8, 4) is 11.4 Å². The average Bonchev–Trinajstić information content (AvgIpc) is 3.39. The lowest BCUT2D eigenvalue weighted by Gasteiger charge is -2.28. The molecule has 0 radical (unpaired) electrons. The number of rotatable bonds is 6. The van der Waals surface area contributed by atoms with E-state index in [-0.39, 0.29) is 12.3 Å². The Bertz CT molecular complexity index is 870. The molecule has 0 spiro atoms. The number of carbonyl (C=O) groups is 1. The van der Waals surface area contributed by atoms with E-state index in [4.69, 9.17) is 13.7 Å². The third-order valence-corrected chi connectivity index (χ3v) is 4.20. The van der Waals surface area contributed by atoms with E-state index in [1.165, 1.54) is 12.5 Å². The van der Waals surface area contributed by atoms with Crippen molar-refractivity contribution in [2.75, 3.05) is 36.5 Å². The molecule has 1 saturated heterocycles. The first-order valence-electron chi connectivity index (χ1n) is 8.72. The summed E-state index contributed by atoms with van der Waals surface area (Å²) in [5.74, 6) is 1.20. The highest BCUT2D eigenvalue weighted by molar-refractivity contribution is 5.89. The van der Waals surface area contributed by atoms with E-state index < -0.39 is 0 Å². The van der Waals surface area contributed by atoms with Crippen LogP contribution in [0.5, 0.6) is 0 Å². The maximum Gasteiger partial charge on any atom is 0.227 e. The number of hydrogen-bond acceptors (Lipinski definition) is 8. The van der Waals surface area contributed by atoms with Crippen LogP contribution in [0.25, 0.3) is 11.4 Å². The lowest BCUT2D eigenvalue weighted by Crippen LogP contribution is -2.36. The van der Waals surface area contributed by atoms with E-state index in [0.29, 0.717) is 24.0 Å². The number of carbonyl (C=O) groups excluding carboxylic acids is 1. The van der Waals surface area contributed by atoms with E-state index in [2.05, 4.69) is 25.3 Å². The Kier molecular flexibility index (Phi) is 5.10. The first-order valence-corrected chi connectivity index (χ1v) is 8.72. The molecule has 9 nitrogen and oxygen atoms in total. The SMILES string of the molecule is O=C(CCc1nc(-c2ccoc2)no1)Nc1ccc(N2CCOCC2)cn1. The van der Waals surface area contributed by atoms with E-state index >= 15 is 0 Å². The molecule has 0 aliphatic carbocycles. The molecule has 4 rings (SSSR count). The van der Waals surface area contributed by atoms with Crippen LogP contribution >= 0.6 is 0 Å². The van der Waals surface area contributed by atoms with Crippen LogP contribution in [0, 0.1) is 0 Å². The lowest BCUT2D eigenvalue weighted by molar-refractivity contribution is -0.116. The van der Waals surface area contributed by atoms with Gasteiger partial charge >= 0.3 is 0 Å². The van der Waals surface area contributed by atoms with Gasteiger partial charge in [0.25, 0.3) is 0 Å². The second-order valence-corrected chi connectivity index (χ2v) is 6.07. The van der Waals surface area contributed by atoms with Gasteiger partial charge in [-0.05, 0) is 18.2 Å². The van der Waals surface area contributed by atoms with Gasteiger partial charge < -0.3 is 23.9 Å². The van der Waals surface area contributed by atoms with Crippen molar-refractivity contribution < 1.29 is 18.5 Å². The monoisotopic (exact) mass is 369 g/mol. The van der Waals surface area contributed by atoms with Gasteiger partial charge in [0.15, 0.2) is 0 Å². The first kappa shape index (κ1) is 17.2. The molecule has 0 atom stereocenters. The first-order chi connectivity index (χ1) is 13.3. The normalized spacial score (nSPS) is 14.3. The van der Waals surface area contributed by atoms with Crippen molar-refractivity contribution in [2.24, 2.45) is 0 Å². The second-order valence-electron chi connectivity index (χ2n) is 6.07. The van der Waals surface area contributed by atoms with Gasteiger partial charge in [-0.3, -0.25) is 4.79 Å². The molecule has 140 valence electrons. The molecular weight excluding hydrogens is 350 g/mol. The van der Waals surface area contributed by atoms with Gasteiger partial charge in [-0.1, -0.05) is 5.16 Å². The highest BCUT2D eigenvalue weighted by Gasteiger charge is 2.13. The van der Waals surface area contributed by atoms with Crippen molar-refractivity contribution in [3.63, 3.8) is 0 Å². The maximum absolute atomic E-state index is 12.1. The fourth-order valence-corrected chi connectivity index (χ4v) is 2.76. The number of hydrogen-bond donors (Lipinski definition) is 1. The Morgan fingerprint density at radius 2 is 2.11 bits per heavy atom. The van der Waals surface area contributed by atoms with Crippen LogP contribution in [0.2, 0.25) is 0 Å². The van der Waals surface area contributed by atoms with E-state index in [1.54, 1.807) is 18.3 Å². The smallest absolute Gasteiger partial charge is 0.227 e. The molecule has 1 amide bonds. The molecule has 1 fully saturated rings. The second kappa shape index (κ2) is 8.00. The number of aromatic nitrogens is 3. The number of amides is 1. The number of pyridine rings is 1. The van der Waals surface area contributed by atoms with Gasteiger partial charge in [0, 0.05) is 25.9 Å². The number of nitrogens with zero attached hydrogens (tertiary/aromatic N) is 4. The largest absolute Gasteiger partial charge is 0.472 e. The minimum absolute atomic E-state index is 0.162. The Labute approximate surface area is 155 Å². The fraction of sp³-hybridized carbons (Fsp3) is 0.333. The lowest BCUT2D eigenvalue weighted by atomic mass is 10.3. The number of furan rings is 1. The molecule has 27 heavy (non-hydrogen) atoms. The minimum atomic E-state index is -0.162. The quantitative estimate of drug-likeness (QED) is 0.704. The molecule has 3 aromatic rings. The summed E-state index contributed by atoms with van der Waals surface area (Å²) in [6.07, 6.45) is 5.41. The van der Waals surface area contributed by atoms with Crippen molar-refractivity contribution in [2.45, 2.75) is 12.8 Å². The highest BCUT2D eigenvalue weighted by Crippen LogP contribution is 2.18. The van der Waals surface area contributed by atoms with Gasteiger partial charge in [-0.15, -0.1) is 0 Å². The topological polar surface area (TPSA) is 107 Å². The summed E-state index contributed by atoms with van der Waals surface area (Å²) >= 11 is 0. The van der Waals surface area contributed by atoms with Gasteiger partial charge in [-0.25, -0.2) is 4.98 Å². The fourth-order valence-electron chi connectivity index (χ4n) is 2.76. The standard InChI is InChI=1S/C18H19N5O4/c24-16(3-4-17-21-18(22-27-17)13-5-8-26-12-13)20-15-2-1-14(11-19-15)23-6-9-25-10-7-23/h1-2,5,8,11-12H,3-4,6-7,9-10H2,(H,19,20,24).